The Labute approximate surface area is 120 Å². The van der Waals surface area contributed by atoms with E-state index in [1.54, 1.807) is 6.07 Å². The average Bonchev–Trinajstić information content (AvgIpc) is 2.95. The third kappa shape index (κ3) is 3.82. The van der Waals surface area contributed by atoms with E-state index < -0.39 is 10.0 Å². The van der Waals surface area contributed by atoms with Gasteiger partial charge in [0.2, 0.25) is 5.09 Å². The van der Waals surface area contributed by atoms with Gasteiger partial charge in [-0.15, -0.1) is 0 Å². The van der Waals surface area contributed by atoms with E-state index in [1.807, 2.05) is 0 Å². The summed E-state index contributed by atoms with van der Waals surface area (Å²) >= 11 is 0. The van der Waals surface area contributed by atoms with Crippen molar-refractivity contribution < 1.29 is 12.8 Å². The monoisotopic (exact) mass is 301 g/mol. The second kappa shape index (κ2) is 6.71. The second-order valence-electron chi connectivity index (χ2n) is 5.15. The van der Waals surface area contributed by atoms with Crippen molar-refractivity contribution in [2.45, 2.75) is 31.4 Å². The molecule has 1 aliphatic heterocycles. The number of furan rings is 1. The molecule has 1 saturated heterocycles. The summed E-state index contributed by atoms with van der Waals surface area (Å²) in [5.41, 5.74) is 5.41. The second-order valence-corrected chi connectivity index (χ2v) is 6.85. The quantitative estimate of drug-likeness (QED) is 0.809. The van der Waals surface area contributed by atoms with Gasteiger partial charge in [-0.05, 0) is 50.5 Å². The fraction of sp³-hybridized carbons (Fsp3) is 0.692. The molecule has 1 aromatic heterocycles. The van der Waals surface area contributed by atoms with Gasteiger partial charge in [0.25, 0.3) is 10.0 Å². The molecule has 0 atom stereocenters. The van der Waals surface area contributed by atoms with Crippen molar-refractivity contribution >= 4 is 10.0 Å². The maximum absolute atomic E-state index is 12.1. The van der Waals surface area contributed by atoms with Crippen LogP contribution in [-0.4, -0.2) is 39.5 Å². The SMILES string of the molecule is CCN1CCC(CNS(=O)(=O)c2ccc(CN)o2)CC1. The van der Waals surface area contributed by atoms with Crippen molar-refractivity contribution in [3.8, 4) is 0 Å². The van der Waals surface area contributed by atoms with E-state index in [0.29, 0.717) is 18.2 Å². The molecule has 0 amide bonds. The molecule has 0 aromatic carbocycles. The van der Waals surface area contributed by atoms with Crippen LogP contribution in [0, 0.1) is 5.92 Å². The molecule has 20 heavy (non-hydrogen) atoms. The lowest BCUT2D eigenvalue weighted by Crippen LogP contribution is -2.38. The first-order chi connectivity index (χ1) is 9.55. The van der Waals surface area contributed by atoms with Gasteiger partial charge in [0.1, 0.15) is 5.76 Å². The van der Waals surface area contributed by atoms with Crippen molar-refractivity contribution in [1.82, 2.24) is 9.62 Å². The molecule has 6 nitrogen and oxygen atoms in total. The van der Waals surface area contributed by atoms with Crippen molar-refractivity contribution in [2.24, 2.45) is 11.7 Å². The molecule has 0 unspecified atom stereocenters. The minimum Gasteiger partial charge on any atom is -0.447 e. The highest BCUT2D eigenvalue weighted by atomic mass is 32.2. The van der Waals surface area contributed by atoms with Crippen molar-refractivity contribution in [2.75, 3.05) is 26.2 Å². The summed E-state index contributed by atoms with van der Waals surface area (Å²) in [5, 5.41) is -0.0519. The van der Waals surface area contributed by atoms with E-state index in [9.17, 15) is 8.42 Å². The number of nitrogens with zero attached hydrogens (tertiary/aromatic N) is 1. The Morgan fingerprint density at radius 3 is 2.65 bits per heavy atom. The lowest BCUT2D eigenvalue weighted by atomic mass is 9.97. The van der Waals surface area contributed by atoms with Crippen molar-refractivity contribution in [1.29, 1.82) is 0 Å². The zero-order chi connectivity index (χ0) is 14.6. The smallest absolute Gasteiger partial charge is 0.273 e. The molecular weight excluding hydrogens is 278 g/mol. The van der Waals surface area contributed by atoms with Gasteiger partial charge >= 0.3 is 0 Å². The minimum absolute atomic E-state index is 0.0519. The Morgan fingerprint density at radius 1 is 1.40 bits per heavy atom. The summed E-state index contributed by atoms with van der Waals surface area (Å²) in [4.78, 5) is 2.38. The maximum atomic E-state index is 12.1. The van der Waals surface area contributed by atoms with E-state index in [4.69, 9.17) is 10.2 Å². The highest BCUT2D eigenvalue weighted by molar-refractivity contribution is 7.89. The number of sulfonamides is 1. The van der Waals surface area contributed by atoms with E-state index >= 15 is 0 Å². The van der Waals surface area contributed by atoms with Crippen LogP contribution in [0.5, 0.6) is 0 Å². The molecule has 0 radical (unpaired) electrons. The van der Waals surface area contributed by atoms with E-state index in [-0.39, 0.29) is 11.6 Å². The standard InChI is InChI=1S/C13H23N3O3S/c1-2-16-7-5-11(6-8-16)10-15-20(17,18)13-4-3-12(9-14)19-13/h3-4,11,15H,2,5-10,14H2,1H3. The molecule has 7 heteroatoms. The fourth-order valence-corrected chi connectivity index (χ4v) is 3.48. The topological polar surface area (TPSA) is 88.6 Å². The van der Waals surface area contributed by atoms with Gasteiger partial charge in [0, 0.05) is 6.54 Å². The highest BCUT2D eigenvalue weighted by Crippen LogP contribution is 2.18. The van der Waals surface area contributed by atoms with Crippen LogP contribution in [0.3, 0.4) is 0 Å². The number of hydrogen-bond donors (Lipinski definition) is 2. The Kier molecular flexibility index (Phi) is 5.20. The normalized spacial score (nSPS) is 18.5. The molecule has 0 bridgehead atoms. The number of hydrogen-bond acceptors (Lipinski definition) is 5. The lowest BCUT2D eigenvalue weighted by Gasteiger charge is -2.30. The van der Waals surface area contributed by atoms with Crippen LogP contribution in [0.4, 0.5) is 0 Å². The van der Waals surface area contributed by atoms with Crippen molar-refractivity contribution in [3.63, 3.8) is 0 Å². The number of likely N-dealkylation sites (tertiary alicyclic amines) is 1. The zero-order valence-electron chi connectivity index (χ0n) is 11.8. The Bertz CT molecular complexity index is 519. The third-order valence-corrected chi connectivity index (χ3v) is 5.12. The van der Waals surface area contributed by atoms with E-state index in [1.165, 1.54) is 6.07 Å². The zero-order valence-corrected chi connectivity index (χ0v) is 12.7. The van der Waals surface area contributed by atoms with Crippen LogP contribution < -0.4 is 10.5 Å². The average molecular weight is 301 g/mol. The number of piperidine rings is 1. The minimum atomic E-state index is -3.55. The van der Waals surface area contributed by atoms with Crippen LogP contribution in [0.1, 0.15) is 25.5 Å². The molecule has 3 N–H and O–H groups in total. The Morgan fingerprint density at radius 2 is 2.10 bits per heavy atom. The van der Waals surface area contributed by atoms with Crippen LogP contribution in [0.15, 0.2) is 21.6 Å². The number of rotatable bonds is 6. The Hall–Kier alpha value is -0.890. The molecule has 0 aliphatic carbocycles. The summed E-state index contributed by atoms with van der Waals surface area (Å²) in [5.74, 6) is 0.873. The molecular formula is C13H23N3O3S. The summed E-state index contributed by atoms with van der Waals surface area (Å²) in [6.07, 6.45) is 2.06. The first-order valence-corrected chi connectivity index (χ1v) is 8.54. The summed E-state index contributed by atoms with van der Waals surface area (Å²) < 4.78 is 32.0. The summed E-state index contributed by atoms with van der Waals surface area (Å²) in [7, 11) is -3.55. The summed E-state index contributed by atoms with van der Waals surface area (Å²) in [6, 6.07) is 3.04. The third-order valence-electron chi connectivity index (χ3n) is 3.82. The van der Waals surface area contributed by atoms with Gasteiger partial charge in [-0.2, -0.15) is 0 Å². The van der Waals surface area contributed by atoms with Crippen LogP contribution in [-0.2, 0) is 16.6 Å². The van der Waals surface area contributed by atoms with Crippen molar-refractivity contribution in [3.05, 3.63) is 17.9 Å². The van der Waals surface area contributed by atoms with Crippen LogP contribution in [0.25, 0.3) is 0 Å². The first kappa shape index (κ1) is 15.5. The molecule has 0 spiro atoms. The van der Waals surface area contributed by atoms with Gasteiger partial charge in [0.15, 0.2) is 0 Å². The van der Waals surface area contributed by atoms with E-state index in [0.717, 1.165) is 32.5 Å². The van der Waals surface area contributed by atoms with Gasteiger partial charge in [-0.25, -0.2) is 13.1 Å². The largest absolute Gasteiger partial charge is 0.447 e. The highest BCUT2D eigenvalue weighted by Gasteiger charge is 2.23. The molecule has 1 aliphatic rings. The number of nitrogens with one attached hydrogen (secondary N) is 1. The van der Waals surface area contributed by atoms with Gasteiger partial charge in [-0.3, -0.25) is 0 Å². The van der Waals surface area contributed by atoms with Gasteiger partial charge < -0.3 is 15.1 Å². The molecule has 2 rings (SSSR count). The lowest BCUT2D eigenvalue weighted by molar-refractivity contribution is 0.193. The molecule has 114 valence electrons. The molecule has 2 heterocycles. The number of nitrogens with two attached hydrogens (primary N) is 1. The molecule has 1 aromatic rings. The summed E-state index contributed by atoms with van der Waals surface area (Å²) in [6.45, 7) is 5.97. The predicted molar refractivity (Wildman–Crippen MR) is 76.6 cm³/mol. The van der Waals surface area contributed by atoms with Crippen LogP contribution in [0.2, 0.25) is 0 Å². The predicted octanol–water partition coefficient (Wildman–Crippen LogP) is 0.748. The maximum Gasteiger partial charge on any atom is 0.273 e. The molecule has 0 saturated carbocycles. The van der Waals surface area contributed by atoms with Crippen LogP contribution >= 0.6 is 0 Å². The first-order valence-electron chi connectivity index (χ1n) is 7.06. The van der Waals surface area contributed by atoms with Gasteiger partial charge in [0.05, 0.1) is 6.54 Å². The van der Waals surface area contributed by atoms with Gasteiger partial charge in [-0.1, -0.05) is 6.92 Å². The Balaban J connectivity index is 1.87. The molecule has 1 fully saturated rings. The fourth-order valence-electron chi connectivity index (χ4n) is 2.42. The van der Waals surface area contributed by atoms with E-state index in [2.05, 4.69) is 16.5 Å².